The molecule has 0 saturated heterocycles. The SMILES string of the molecule is CC(Cc1ccccc1F)C(=O)NC(C)(C)C#N. The van der Waals surface area contributed by atoms with Gasteiger partial charge < -0.3 is 5.32 Å². The monoisotopic (exact) mass is 248 g/mol. The van der Waals surface area contributed by atoms with Gasteiger partial charge in [-0.15, -0.1) is 0 Å². The Labute approximate surface area is 107 Å². The van der Waals surface area contributed by atoms with Gasteiger partial charge in [-0.3, -0.25) is 4.79 Å². The van der Waals surface area contributed by atoms with Gasteiger partial charge in [-0.05, 0) is 31.9 Å². The Morgan fingerprint density at radius 1 is 1.50 bits per heavy atom. The Morgan fingerprint density at radius 2 is 2.11 bits per heavy atom. The van der Waals surface area contributed by atoms with Gasteiger partial charge in [0.15, 0.2) is 0 Å². The van der Waals surface area contributed by atoms with Crippen molar-refractivity contribution in [2.75, 3.05) is 0 Å². The fraction of sp³-hybridized carbons (Fsp3) is 0.429. The molecule has 0 aliphatic carbocycles. The fourth-order valence-corrected chi connectivity index (χ4v) is 1.55. The molecule has 0 saturated carbocycles. The summed E-state index contributed by atoms with van der Waals surface area (Å²) in [5.74, 6) is -0.934. The Balaban J connectivity index is 2.67. The number of hydrogen-bond acceptors (Lipinski definition) is 2. The average Bonchev–Trinajstić information content (AvgIpc) is 2.31. The minimum Gasteiger partial charge on any atom is -0.338 e. The Bertz CT molecular complexity index is 477. The highest BCUT2D eigenvalue weighted by Gasteiger charge is 2.23. The van der Waals surface area contributed by atoms with E-state index < -0.39 is 5.54 Å². The summed E-state index contributed by atoms with van der Waals surface area (Å²) in [5, 5.41) is 11.5. The standard InChI is InChI=1S/C14H17FN2O/c1-10(13(18)17-14(2,3)9-16)8-11-6-4-5-7-12(11)15/h4-7,10H,8H2,1-3H3,(H,17,18). The predicted octanol–water partition coefficient (Wildman–Crippen LogP) is 2.42. The molecule has 18 heavy (non-hydrogen) atoms. The minimum absolute atomic E-state index is 0.246. The molecule has 0 aromatic heterocycles. The van der Waals surface area contributed by atoms with Gasteiger partial charge in [-0.1, -0.05) is 25.1 Å². The lowest BCUT2D eigenvalue weighted by Gasteiger charge is -2.20. The molecule has 0 heterocycles. The van der Waals surface area contributed by atoms with Crippen LogP contribution in [0.5, 0.6) is 0 Å². The van der Waals surface area contributed by atoms with E-state index in [1.54, 1.807) is 39.0 Å². The second kappa shape index (κ2) is 5.63. The molecule has 1 atom stereocenters. The van der Waals surface area contributed by atoms with Gasteiger partial charge in [0.05, 0.1) is 6.07 Å². The van der Waals surface area contributed by atoms with Crippen LogP contribution >= 0.6 is 0 Å². The smallest absolute Gasteiger partial charge is 0.224 e. The second-order valence-corrected chi connectivity index (χ2v) is 4.92. The highest BCUT2D eigenvalue weighted by molar-refractivity contribution is 5.79. The number of nitrogens with one attached hydrogen (secondary N) is 1. The Kier molecular flexibility index (Phi) is 4.43. The van der Waals surface area contributed by atoms with Crippen LogP contribution in [0.1, 0.15) is 26.3 Å². The van der Waals surface area contributed by atoms with Crippen LogP contribution in [0, 0.1) is 23.1 Å². The third-order valence-electron chi connectivity index (χ3n) is 2.65. The van der Waals surface area contributed by atoms with E-state index >= 15 is 0 Å². The van der Waals surface area contributed by atoms with E-state index in [9.17, 15) is 9.18 Å². The van der Waals surface area contributed by atoms with Crippen LogP contribution in [0.2, 0.25) is 0 Å². The topological polar surface area (TPSA) is 52.9 Å². The Morgan fingerprint density at radius 3 is 2.67 bits per heavy atom. The van der Waals surface area contributed by atoms with Crippen LogP contribution in [0.3, 0.4) is 0 Å². The quantitative estimate of drug-likeness (QED) is 0.889. The van der Waals surface area contributed by atoms with Crippen molar-refractivity contribution < 1.29 is 9.18 Å². The number of rotatable bonds is 4. The highest BCUT2D eigenvalue weighted by Crippen LogP contribution is 2.13. The molecule has 0 aliphatic heterocycles. The lowest BCUT2D eigenvalue weighted by molar-refractivity contribution is -0.125. The molecule has 0 aliphatic rings. The summed E-state index contributed by atoms with van der Waals surface area (Å²) in [6.45, 7) is 4.97. The maximum atomic E-state index is 13.4. The van der Waals surface area contributed by atoms with E-state index in [2.05, 4.69) is 5.32 Å². The summed E-state index contributed by atoms with van der Waals surface area (Å²) >= 11 is 0. The molecule has 0 bridgehead atoms. The molecule has 1 unspecified atom stereocenters. The molecule has 0 spiro atoms. The summed E-state index contributed by atoms with van der Waals surface area (Å²) in [4.78, 5) is 11.8. The lowest BCUT2D eigenvalue weighted by Crippen LogP contribution is -2.45. The molecular formula is C14H17FN2O. The first-order chi connectivity index (χ1) is 8.35. The van der Waals surface area contributed by atoms with Crippen LogP contribution in [0.4, 0.5) is 4.39 Å². The van der Waals surface area contributed by atoms with Gasteiger partial charge in [-0.25, -0.2) is 4.39 Å². The van der Waals surface area contributed by atoms with Crippen LogP contribution in [0.15, 0.2) is 24.3 Å². The molecule has 96 valence electrons. The van der Waals surface area contributed by atoms with E-state index in [4.69, 9.17) is 5.26 Å². The highest BCUT2D eigenvalue weighted by atomic mass is 19.1. The number of nitrogens with zero attached hydrogens (tertiary/aromatic N) is 1. The number of nitriles is 1. The first kappa shape index (κ1) is 14.2. The van der Waals surface area contributed by atoms with Gasteiger partial charge in [0.25, 0.3) is 0 Å². The molecular weight excluding hydrogens is 231 g/mol. The molecule has 1 rings (SSSR count). The maximum absolute atomic E-state index is 13.4. The summed E-state index contributed by atoms with van der Waals surface area (Å²) < 4.78 is 13.4. The van der Waals surface area contributed by atoms with Crippen LogP contribution in [-0.4, -0.2) is 11.4 Å². The predicted molar refractivity (Wildman–Crippen MR) is 67.1 cm³/mol. The van der Waals surface area contributed by atoms with Gasteiger partial charge in [0.2, 0.25) is 5.91 Å². The summed E-state index contributed by atoms with van der Waals surface area (Å²) in [6.07, 6.45) is 0.319. The normalized spacial score (nSPS) is 12.6. The van der Waals surface area contributed by atoms with Crippen molar-refractivity contribution in [1.82, 2.24) is 5.32 Å². The number of halogens is 1. The summed E-state index contributed by atoms with van der Waals surface area (Å²) in [7, 11) is 0. The minimum atomic E-state index is -0.902. The number of amides is 1. The molecule has 0 radical (unpaired) electrons. The van der Waals surface area contributed by atoms with Crippen LogP contribution in [-0.2, 0) is 11.2 Å². The van der Waals surface area contributed by atoms with Crippen molar-refractivity contribution >= 4 is 5.91 Å². The zero-order valence-electron chi connectivity index (χ0n) is 10.8. The summed E-state index contributed by atoms with van der Waals surface area (Å²) in [6, 6.07) is 8.38. The van der Waals surface area contributed by atoms with Gasteiger partial charge in [0.1, 0.15) is 11.4 Å². The molecule has 4 heteroatoms. The van der Waals surface area contributed by atoms with Crippen LogP contribution in [0.25, 0.3) is 0 Å². The first-order valence-electron chi connectivity index (χ1n) is 5.82. The van der Waals surface area contributed by atoms with Gasteiger partial charge >= 0.3 is 0 Å². The molecule has 3 nitrogen and oxygen atoms in total. The van der Waals surface area contributed by atoms with Crippen LogP contribution < -0.4 is 5.32 Å². The third-order valence-corrected chi connectivity index (χ3v) is 2.65. The number of carbonyl (C=O) groups is 1. The third kappa shape index (κ3) is 3.85. The lowest BCUT2D eigenvalue weighted by atomic mass is 9.98. The number of hydrogen-bond donors (Lipinski definition) is 1. The molecule has 0 fully saturated rings. The zero-order valence-corrected chi connectivity index (χ0v) is 10.8. The second-order valence-electron chi connectivity index (χ2n) is 4.92. The Hall–Kier alpha value is -1.89. The zero-order chi connectivity index (χ0) is 13.8. The van der Waals surface area contributed by atoms with E-state index in [1.807, 2.05) is 6.07 Å². The molecule has 1 N–H and O–H groups in total. The average molecular weight is 248 g/mol. The van der Waals surface area contributed by atoms with Crippen molar-refractivity contribution in [3.8, 4) is 6.07 Å². The molecule has 1 aromatic rings. The van der Waals surface area contributed by atoms with Crippen molar-refractivity contribution in [2.45, 2.75) is 32.7 Å². The van der Waals surface area contributed by atoms with Crippen molar-refractivity contribution in [1.29, 1.82) is 5.26 Å². The van der Waals surface area contributed by atoms with E-state index in [0.29, 0.717) is 12.0 Å². The molecule has 1 aromatic carbocycles. The first-order valence-corrected chi connectivity index (χ1v) is 5.82. The van der Waals surface area contributed by atoms with Crippen molar-refractivity contribution in [3.05, 3.63) is 35.6 Å². The largest absolute Gasteiger partial charge is 0.338 e. The maximum Gasteiger partial charge on any atom is 0.224 e. The number of carbonyl (C=O) groups excluding carboxylic acids is 1. The van der Waals surface area contributed by atoms with Gasteiger partial charge in [-0.2, -0.15) is 5.26 Å². The van der Waals surface area contributed by atoms with Crippen molar-refractivity contribution in [3.63, 3.8) is 0 Å². The van der Waals surface area contributed by atoms with E-state index in [-0.39, 0.29) is 17.6 Å². The van der Waals surface area contributed by atoms with E-state index in [1.165, 1.54) is 6.07 Å². The van der Waals surface area contributed by atoms with Crippen molar-refractivity contribution in [2.24, 2.45) is 5.92 Å². The number of benzene rings is 1. The van der Waals surface area contributed by atoms with E-state index in [0.717, 1.165) is 0 Å². The summed E-state index contributed by atoms with van der Waals surface area (Å²) in [5.41, 5.74) is -0.393. The fourth-order valence-electron chi connectivity index (χ4n) is 1.55. The van der Waals surface area contributed by atoms with Gasteiger partial charge in [0, 0.05) is 5.92 Å². The molecule has 1 amide bonds.